The lowest BCUT2D eigenvalue weighted by atomic mass is 9.93. The van der Waals surface area contributed by atoms with Crippen molar-refractivity contribution in [2.24, 2.45) is 5.41 Å². The number of nitro groups is 1. The lowest BCUT2D eigenvalue weighted by Gasteiger charge is -2.11. The molecule has 0 saturated heterocycles. The van der Waals surface area contributed by atoms with Gasteiger partial charge in [-0.05, 0) is 24.8 Å². The maximum atomic E-state index is 11.7. The number of non-ortho nitro benzene ring substituents is 1. The summed E-state index contributed by atoms with van der Waals surface area (Å²) in [5.74, 6) is 0.232. The Balaban J connectivity index is 2.09. The topological polar surface area (TPSA) is 60.2 Å². The van der Waals surface area contributed by atoms with Gasteiger partial charge in [-0.15, -0.1) is 0 Å². The van der Waals surface area contributed by atoms with Crippen LogP contribution >= 0.6 is 15.9 Å². The molecule has 1 saturated carbocycles. The highest BCUT2D eigenvalue weighted by atomic mass is 79.9. The normalized spacial score (nSPS) is 16.5. The fraction of sp³-hybridized carbons (Fsp3) is 0.417. The zero-order valence-corrected chi connectivity index (χ0v) is 10.8. The van der Waals surface area contributed by atoms with E-state index in [1.807, 2.05) is 0 Å². The van der Waals surface area contributed by atoms with Crippen LogP contribution in [-0.4, -0.2) is 16.0 Å². The molecule has 1 aromatic carbocycles. The molecule has 1 aliphatic rings. The van der Waals surface area contributed by atoms with Crippen LogP contribution in [0.3, 0.4) is 0 Å². The number of ketones is 1. The van der Waals surface area contributed by atoms with Gasteiger partial charge in [-0.1, -0.05) is 28.1 Å². The van der Waals surface area contributed by atoms with Crippen molar-refractivity contribution in [3.05, 3.63) is 39.9 Å². The van der Waals surface area contributed by atoms with Crippen LogP contribution in [0.4, 0.5) is 5.69 Å². The number of benzene rings is 1. The predicted octanol–water partition coefficient (Wildman–Crippen LogP) is 2.88. The second-order valence-corrected chi connectivity index (χ2v) is 5.00. The fourth-order valence-electron chi connectivity index (χ4n) is 1.97. The first-order chi connectivity index (χ1) is 8.07. The number of nitrogens with zero attached hydrogens (tertiary/aromatic N) is 1. The van der Waals surface area contributed by atoms with Gasteiger partial charge >= 0.3 is 0 Å². The van der Waals surface area contributed by atoms with E-state index in [1.54, 1.807) is 12.1 Å². The van der Waals surface area contributed by atoms with Crippen molar-refractivity contribution >= 4 is 27.4 Å². The van der Waals surface area contributed by atoms with Crippen LogP contribution in [-0.2, 0) is 11.2 Å². The fourth-order valence-corrected chi connectivity index (χ4v) is 2.57. The van der Waals surface area contributed by atoms with E-state index in [1.165, 1.54) is 12.1 Å². The SMILES string of the molecule is O=C(CBr)C1(Cc2ccc([N+](=O)[O-])cc2)CC1. The molecule has 0 bridgehead atoms. The summed E-state index contributed by atoms with van der Waals surface area (Å²) in [5.41, 5.74) is 0.868. The predicted molar refractivity (Wildman–Crippen MR) is 67.3 cm³/mol. The summed E-state index contributed by atoms with van der Waals surface area (Å²) in [5, 5.41) is 10.9. The van der Waals surface area contributed by atoms with Crippen LogP contribution in [0.25, 0.3) is 0 Å². The minimum Gasteiger partial charge on any atom is -0.298 e. The number of hydrogen-bond acceptors (Lipinski definition) is 3. The molecule has 0 radical (unpaired) electrons. The van der Waals surface area contributed by atoms with Crippen LogP contribution in [0.15, 0.2) is 24.3 Å². The van der Waals surface area contributed by atoms with Crippen molar-refractivity contribution in [1.82, 2.24) is 0 Å². The second kappa shape index (κ2) is 4.56. The minimum atomic E-state index is -0.416. The van der Waals surface area contributed by atoms with Gasteiger partial charge in [-0.3, -0.25) is 14.9 Å². The molecule has 0 aromatic heterocycles. The molecule has 17 heavy (non-hydrogen) atoms. The summed E-state index contributed by atoms with van der Waals surface area (Å²) in [6.45, 7) is 0. The molecule has 0 spiro atoms. The molecule has 0 atom stereocenters. The molecule has 0 aliphatic heterocycles. The highest BCUT2D eigenvalue weighted by molar-refractivity contribution is 9.09. The number of alkyl halides is 1. The molecule has 0 heterocycles. The zero-order valence-electron chi connectivity index (χ0n) is 9.19. The van der Waals surface area contributed by atoms with Crippen molar-refractivity contribution in [2.45, 2.75) is 19.3 Å². The third kappa shape index (κ3) is 2.54. The Labute approximate surface area is 107 Å². The van der Waals surface area contributed by atoms with E-state index < -0.39 is 4.92 Å². The smallest absolute Gasteiger partial charge is 0.269 e. The second-order valence-electron chi connectivity index (χ2n) is 4.44. The zero-order chi connectivity index (χ0) is 12.5. The molecule has 1 fully saturated rings. The first kappa shape index (κ1) is 12.2. The average molecular weight is 298 g/mol. The molecule has 2 rings (SSSR count). The van der Waals surface area contributed by atoms with Crippen molar-refractivity contribution in [2.75, 3.05) is 5.33 Å². The van der Waals surface area contributed by atoms with Gasteiger partial charge < -0.3 is 0 Å². The van der Waals surface area contributed by atoms with Crippen LogP contribution in [0.1, 0.15) is 18.4 Å². The molecule has 0 amide bonds. The third-order valence-electron chi connectivity index (χ3n) is 3.26. The van der Waals surface area contributed by atoms with E-state index >= 15 is 0 Å². The van der Waals surface area contributed by atoms with E-state index in [2.05, 4.69) is 15.9 Å². The lowest BCUT2D eigenvalue weighted by Crippen LogP contribution is -2.19. The van der Waals surface area contributed by atoms with Crippen LogP contribution < -0.4 is 0 Å². The number of Topliss-reactive ketones (excluding diaryl/α,β-unsaturated/α-hetero) is 1. The molecular weight excluding hydrogens is 286 g/mol. The van der Waals surface area contributed by atoms with Crippen molar-refractivity contribution in [3.8, 4) is 0 Å². The number of hydrogen-bond donors (Lipinski definition) is 0. The van der Waals surface area contributed by atoms with Gasteiger partial charge in [0.05, 0.1) is 10.3 Å². The van der Waals surface area contributed by atoms with Gasteiger partial charge in [0, 0.05) is 17.5 Å². The van der Waals surface area contributed by atoms with Crippen LogP contribution in [0.5, 0.6) is 0 Å². The summed E-state index contributed by atoms with van der Waals surface area (Å²) in [6, 6.07) is 6.45. The summed E-state index contributed by atoms with van der Waals surface area (Å²) >= 11 is 3.20. The largest absolute Gasteiger partial charge is 0.298 e. The summed E-state index contributed by atoms with van der Waals surface area (Å²) in [7, 11) is 0. The molecule has 4 nitrogen and oxygen atoms in total. The van der Waals surface area contributed by atoms with Crippen LogP contribution in [0.2, 0.25) is 0 Å². The van der Waals surface area contributed by atoms with E-state index in [4.69, 9.17) is 0 Å². The highest BCUT2D eigenvalue weighted by Gasteiger charge is 2.48. The van der Waals surface area contributed by atoms with Gasteiger partial charge in [0.1, 0.15) is 5.78 Å². The first-order valence-electron chi connectivity index (χ1n) is 5.40. The average Bonchev–Trinajstić information content (AvgIpc) is 3.09. The molecular formula is C12H12BrNO3. The Kier molecular flexibility index (Phi) is 3.28. The Bertz CT molecular complexity index is 451. The molecule has 90 valence electrons. The van der Waals surface area contributed by atoms with Gasteiger partial charge in [-0.25, -0.2) is 0 Å². The Morgan fingerprint density at radius 1 is 1.35 bits per heavy atom. The minimum absolute atomic E-state index is 0.0883. The van der Waals surface area contributed by atoms with E-state index in [0.29, 0.717) is 11.8 Å². The molecule has 1 aromatic rings. The van der Waals surface area contributed by atoms with E-state index in [0.717, 1.165) is 18.4 Å². The van der Waals surface area contributed by atoms with E-state index in [-0.39, 0.29) is 16.9 Å². The first-order valence-corrected chi connectivity index (χ1v) is 6.52. The quantitative estimate of drug-likeness (QED) is 0.477. The Morgan fingerprint density at radius 3 is 2.35 bits per heavy atom. The third-order valence-corrected chi connectivity index (χ3v) is 3.77. The number of carbonyl (C=O) groups is 1. The monoisotopic (exact) mass is 297 g/mol. The molecule has 0 N–H and O–H groups in total. The molecule has 0 unspecified atom stereocenters. The van der Waals surface area contributed by atoms with Crippen molar-refractivity contribution in [1.29, 1.82) is 0 Å². The number of halogens is 1. The van der Waals surface area contributed by atoms with Crippen molar-refractivity contribution < 1.29 is 9.72 Å². The summed E-state index contributed by atoms with van der Waals surface area (Å²) in [4.78, 5) is 21.8. The Hall–Kier alpha value is -1.23. The molecule has 1 aliphatic carbocycles. The van der Waals surface area contributed by atoms with E-state index in [9.17, 15) is 14.9 Å². The Morgan fingerprint density at radius 2 is 1.94 bits per heavy atom. The standard InChI is InChI=1S/C12H12BrNO3/c13-8-11(15)12(5-6-12)7-9-1-3-10(4-2-9)14(16)17/h1-4H,5-8H2. The number of rotatable bonds is 5. The number of carbonyl (C=O) groups excluding carboxylic acids is 1. The van der Waals surface area contributed by atoms with Gasteiger partial charge in [0.25, 0.3) is 5.69 Å². The van der Waals surface area contributed by atoms with Crippen LogP contribution in [0, 0.1) is 15.5 Å². The van der Waals surface area contributed by atoms with Crippen molar-refractivity contribution in [3.63, 3.8) is 0 Å². The molecule has 5 heteroatoms. The maximum absolute atomic E-state index is 11.7. The number of nitro benzene ring substituents is 1. The maximum Gasteiger partial charge on any atom is 0.269 e. The van der Waals surface area contributed by atoms with Gasteiger partial charge in [0.15, 0.2) is 0 Å². The van der Waals surface area contributed by atoms with Gasteiger partial charge in [-0.2, -0.15) is 0 Å². The van der Waals surface area contributed by atoms with Gasteiger partial charge in [0.2, 0.25) is 0 Å². The summed E-state index contributed by atoms with van der Waals surface area (Å²) < 4.78 is 0. The lowest BCUT2D eigenvalue weighted by molar-refractivity contribution is -0.384. The summed E-state index contributed by atoms with van der Waals surface area (Å²) in [6.07, 6.45) is 2.54. The highest BCUT2D eigenvalue weighted by Crippen LogP contribution is 2.49.